The van der Waals surface area contributed by atoms with Crippen LogP contribution in [0.1, 0.15) is 5.69 Å². The van der Waals surface area contributed by atoms with E-state index in [0.717, 1.165) is 5.75 Å². The SMILES string of the molecule is CSCCNc1nonc1C(N)=Nc1ccc(F)c(Br)c1. The Kier molecular flexibility index (Phi) is 5.57. The van der Waals surface area contributed by atoms with Crippen molar-refractivity contribution in [3.8, 4) is 0 Å². The van der Waals surface area contributed by atoms with Gasteiger partial charge < -0.3 is 11.1 Å². The van der Waals surface area contributed by atoms with E-state index in [1.807, 2.05) is 6.26 Å². The molecule has 1 heterocycles. The Morgan fingerprint density at radius 2 is 2.33 bits per heavy atom. The van der Waals surface area contributed by atoms with Crippen molar-refractivity contribution in [2.75, 3.05) is 23.9 Å². The number of thioether (sulfide) groups is 1. The van der Waals surface area contributed by atoms with E-state index >= 15 is 0 Å². The highest BCUT2D eigenvalue weighted by Crippen LogP contribution is 2.22. The number of rotatable bonds is 6. The lowest BCUT2D eigenvalue weighted by atomic mass is 10.3. The summed E-state index contributed by atoms with van der Waals surface area (Å²) in [5.41, 5.74) is 6.73. The number of nitrogens with zero attached hydrogens (tertiary/aromatic N) is 3. The molecule has 0 saturated carbocycles. The Balaban J connectivity index is 2.19. The van der Waals surface area contributed by atoms with Crippen molar-refractivity contribution in [2.45, 2.75) is 0 Å². The highest BCUT2D eigenvalue weighted by molar-refractivity contribution is 9.10. The van der Waals surface area contributed by atoms with Crippen molar-refractivity contribution in [1.82, 2.24) is 10.3 Å². The molecular weight excluding hydrogens is 361 g/mol. The number of hydrogen-bond donors (Lipinski definition) is 2. The number of nitrogens with two attached hydrogens (primary N) is 1. The zero-order chi connectivity index (χ0) is 15.2. The van der Waals surface area contributed by atoms with Crippen molar-refractivity contribution in [2.24, 2.45) is 10.7 Å². The van der Waals surface area contributed by atoms with Gasteiger partial charge in [0.25, 0.3) is 0 Å². The Morgan fingerprint density at radius 3 is 3.05 bits per heavy atom. The molecule has 0 aliphatic rings. The maximum atomic E-state index is 13.2. The van der Waals surface area contributed by atoms with Gasteiger partial charge >= 0.3 is 0 Å². The summed E-state index contributed by atoms with van der Waals surface area (Å²) in [4.78, 5) is 4.18. The molecule has 2 rings (SSSR count). The summed E-state index contributed by atoms with van der Waals surface area (Å²) >= 11 is 4.79. The molecule has 1 aromatic carbocycles. The van der Waals surface area contributed by atoms with Crippen LogP contribution in [0.25, 0.3) is 0 Å². The number of hydrogen-bond acceptors (Lipinski definition) is 6. The molecule has 0 atom stereocenters. The van der Waals surface area contributed by atoms with Crippen LogP contribution >= 0.6 is 27.7 Å². The number of aromatic nitrogens is 2. The Morgan fingerprint density at radius 1 is 1.52 bits per heavy atom. The van der Waals surface area contributed by atoms with Gasteiger partial charge in [0.1, 0.15) is 5.82 Å². The van der Waals surface area contributed by atoms with Gasteiger partial charge in [-0.15, -0.1) is 0 Å². The lowest BCUT2D eigenvalue weighted by Crippen LogP contribution is -2.17. The molecule has 112 valence electrons. The van der Waals surface area contributed by atoms with Gasteiger partial charge in [0.05, 0.1) is 10.2 Å². The summed E-state index contributed by atoms with van der Waals surface area (Å²) < 4.78 is 18.2. The third-order valence-corrected chi connectivity index (χ3v) is 3.70. The topological polar surface area (TPSA) is 89.3 Å². The molecule has 0 bridgehead atoms. The van der Waals surface area contributed by atoms with Gasteiger partial charge in [0.2, 0.25) is 5.82 Å². The van der Waals surface area contributed by atoms with Crippen LogP contribution in [0.3, 0.4) is 0 Å². The second kappa shape index (κ2) is 7.41. The minimum Gasteiger partial charge on any atom is -0.382 e. The number of aliphatic imine (C=N–C) groups is 1. The number of amidine groups is 1. The molecule has 3 N–H and O–H groups in total. The van der Waals surface area contributed by atoms with Crippen molar-refractivity contribution >= 4 is 45.0 Å². The first-order chi connectivity index (χ1) is 10.1. The molecule has 0 spiro atoms. The first-order valence-corrected chi connectivity index (χ1v) is 8.15. The normalized spacial score (nSPS) is 11.7. The molecule has 21 heavy (non-hydrogen) atoms. The average molecular weight is 374 g/mol. The van der Waals surface area contributed by atoms with Crippen molar-refractivity contribution in [3.63, 3.8) is 0 Å². The summed E-state index contributed by atoms with van der Waals surface area (Å²) in [7, 11) is 0. The predicted molar refractivity (Wildman–Crippen MR) is 85.7 cm³/mol. The van der Waals surface area contributed by atoms with Crippen LogP contribution in [0, 0.1) is 5.82 Å². The van der Waals surface area contributed by atoms with Crippen LogP contribution < -0.4 is 11.1 Å². The van der Waals surface area contributed by atoms with E-state index in [9.17, 15) is 4.39 Å². The Labute approximate surface area is 133 Å². The molecular formula is C12H13BrFN5OS. The number of nitrogens with one attached hydrogen (secondary N) is 1. The summed E-state index contributed by atoms with van der Waals surface area (Å²) in [5.74, 6) is 1.12. The fourth-order valence-corrected chi connectivity index (χ4v) is 2.16. The molecule has 0 radical (unpaired) electrons. The molecule has 0 saturated heterocycles. The van der Waals surface area contributed by atoms with Gasteiger partial charge in [-0.1, -0.05) is 0 Å². The largest absolute Gasteiger partial charge is 0.382 e. The van der Waals surface area contributed by atoms with Gasteiger partial charge in [0, 0.05) is 12.3 Å². The lowest BCUT2D eigenvalue weighted by molar-refractivity contribution is 0.308. The van der Waals surface area contributed by atoms with Gasteiger partial charge in [-0.05, 0) is 50.7 Å². The van der Waals surface area contributed by atoms with E-state index < -0.39 is 0 Å². The lowest BCUT2D eigenvalue weighted by Gasteiger charge is -2.03. The fraction of sp³-hybridized carbons (Fsp3) is 0.250. The zero-order valence-electron chi connectivity index (χ0n) is 11.1. The third kappa shape index (κ3) is 4.18. The highest BCUT2D eigenvalue weighted by Gasteiger charge is 2.13. The number of halogens is 2. The quantitative estimate of drug-likeness (QED) is 0.459. The van der Waals surface area contributed by atoms with Crippen LogP contribution in [0.2, 0.25) is 0 Å². The summed E-state index contributed by atoms with van der Waals surface area (Å²) in [6, 6.07) is 4.34. The van der Waals surface area contributed by atoms with Crippen LogP contribution in [0.5, 0.6) is 0 Å². The number of anilines is 1. The van der Waals surface area contributed by atoms with E-state index in [1.54, 1.807) is 11.8 Å². The first-order valence-electron chi connectivity index (χ1n) is 5.96. The fourth-order valence-electron chi connectivity index (χ4n) is 1.49. The van der Waals surface area contributed by atoms with Crippen molar-refractivity contribution in [3.05, 3.63) is 34.2 Å². The second-order valence-corrected chi connectivity index (χ2v) is 5.82. The molecule has 0 aliphatic carbocycles. The standard InChI is InChI=1S/C12H13BrFN5OS/c1-21-5-4-16-12-10(18-20-19-12)11(15)17-7-2-3-9(14)8(13)6-7/h2-3,6H,4-5H2,1H3,(H2,15,17)(H,16,19). The van der Waals surface area contributed by atoms with E-state index in [4.69, 9.17) is 5.73 Å². The molecule has 0 aliphatic heterocycles. The van der Waals surface area contributed by atoms with Gasteiger partial charge in [-0.2, -0.15) is 11.8 Å². The van der Waals surface area contributed by atoms with E-state index in [0.29, 0.717) is 28.2 Å². The summed E-state index contributed by atoms with van der Waals surface area (Å²) in [6.45, 7) is 0.706. The molecule has 1 aromatic heterocycles. The van der Waals surface area contributed by atoms with Gasteiger partial charge in [-0.3, -0.25) is 0 Å². The van der Waals surface area contributed by atoms with Crippen LogP contribution in [-0.2, 0) is 0 Å². The van der Waals surface area contributed by atoms with E-state index in [1.165, 1.54) is 18.2 Å². The molecule has 6 nitrogen and oxygen atoms in total. The van der Waals surface area contributed by atoms with Crippen LogP contribution in [0.4, 0.5) is 15.9 Å². The van der Waals surface area contributed by atoms with Crippen molar-refractivity contribution < 1.29 is 9.02 Å². The van der Waals surface area contributed by atoms with Crippen LogP contribution in [0.15, 0.2) is 32.3 Å². The Bertz CT molecular complexity index is 648. The minimum absolute atomic E-state index is 0.140. The monoisotopic (exact) mass is 373 g/mol. The molecule has 0 fully saturated rings. The first kappa shape index (κ1) is 15.8. The summed E-state index contributed by atoms with van der Waals surface area (Å²) in [5, 5.41) is 10.5. The minimum atomic E-state index is -0.366. The predicted octanol–water partition coefficient (Wildman–Crippen LogP) is 2.78. The third-order valence-electron chi connectivity index (χ3n) is 2.48. The van der Waals surface area contributed by atoms with E-state index in [2.05, 4.69) is 41.2 Å². The zero-order valence-corrected chi connectivity index (χ0v) is 13.5. The van der Waals surface area contributed by atoms with E-state index in [-0.39, 0.29) is 11.7 Å². The van der Waals surface area contributed by atoms with Gasteiger partial charge in [-0.25, -0.2) is 14.0 Å². The maximum absolute atomic E-state index is 13.2. The highest BCUT2D eigenvalue weighted by atomic mass is 79.9. The Hall–Kier alpha value is -1.61. The number of benzene rings is 1. The smallest absolute Gasteiger partial charge is 0.202 e. The van der Waals surface area contributed by atoms with Crippen LogP contribution in [-0.4, -0.2) is 34.7 Å². The second-order valence-electron chi connectivity index (χ2n) is 3.98. The molecule has 0 unspecified atom stereocenters. The molecule has 9 heteroatoms. The van der Waals surface area contributed by atoms with Gasteiger partial charge in [0.15, 0.2) is 11.5 Å². The van der Waals surface area contributed by atoms with Crippen molar-refractivity contribution in [1.29, 1.82) is 0 Å². The molecule has 2 aromatic rings. The molecule has 0 amide bonds. The maximum Gasteiger partial charge on any atom is 0.202 e. The average Bonchev–Trinajstić information content (AvgIpc) is 2.92. The summed E-state index contributed by atoms with van der Waals surface area (Å²) in [6.07, 6.45) is 2.01.